The number of anilines is 1. The van der Waals surface area contributed by atoms with E-state index >= 15 is 0 Å². The van der Waals surface area contributed by atoms with Gasteiger partial charge < -0.3 is 24.3 Å². The Bertz CT molecular complexity index is 2390. The number of carbonyl (C=O) groups is 5. The minimum absolute atomic E-state index is 0.0152. The van der Waals surface area contributed by atoms with Crippen LogP contribution >= 0.6 is 11.6 Å². The second-order valence-electron chi connectivity index (χ2n) is 15.1. The molecule has 5 heterocycles. The number of benzene rings is 2. The van der Waals surface area contributed by atoms with Crippen LogP contribution in [0.15, 0.2) is 48.5 Å². The van der Waals surface area contributed by atoms with Crippen molar-refractivity contribution < 1.29 is 42.2 Å². The maximum atomic E-state index is 13.8. The third-order valence-corrected chi connectivity index (χ3v) is 11.7. The first-order valence-corrected chi connectivity index (χ1v) is 20.1. The van der Waals surface area contributed by atoms with Gasteiger partial charge in [0.25, 0.3) is 24.1 Å². The molecule has 2 N–H and O–H groups in total. The topological polar surface area (TPSA) is 192 Å². The van der Waals surface area contributed by atoms with Crippen molar-refractivity contribution >= 4 is 57.9 Å². The molecule has 5 amide bonds. The Morgan fingerprint density at radius 3 is 2.40 bits per heavy atom. The highest BCUT2D eigenvalue weighted by Gasteiger charge is 2.48. The summed E-state index contributed by atoms with van der Waals surface area (Å²) in [5, 5.41) is 23.4. The minimum Gasteiger partial charge on any atom is -0.492 e. The lowest BCUT2D eigenvalue weighted by molar-refractivity contribution is -0.136. The van der Waals surface area contributed by atoms with Crippen LogP contribution in [-0.4, -0.2) is 118 Å². The number of imide groups is 2. The number of alkyl halides is 2. The Kier molecular flexibility index (Phi) is 11.6. The third kappa shape index (κ3) is 8.32. The molecule has 3 aliphatic heterocycles. The fourth-order valence-electron chi connectivity index (χ4n) is 8.27. The van der Waals surface area contributed by atoms with Gasteiger partial charge >= 0.3 is 0 Å². The molecule has 2 saturated heterocycles. The molecule has 8 rings (SSSR count). The Balaban J connectivity index is 0.801. The first kappa shape index (κ1) is 40.6. The molecule has 0 bridgehead atoms. The van der Waals surface area contributed by atoms with Crippen LogP contribution in [0.1, 0.15) is 75.4 Å². The lowest BCUT2D eigenvalue weighted by Crippen LogP contribution is -2.54. The van der Waals surface area contributed by atoms with E-state index in [0.717, 1.165) is 35.2 Å². The molecule has 2 aromatic heterocycles. The smallest absolute Gasteiger partial charge is 0.278 e. The van der Waals surface area contributed by atoms with Crippen molar-refractivity contribution in [3.05, 3.63) is 76.1 Å². The van der Waals surface area contributed by atoms with Crippen LogP contribution in [0.4, 0.5) is 14.6 Å². The van der Waals surface area contributed by atoms with Gasteiger partial charge in [-0.15, -0.1) is 10.2 Å². The average molecular weight is 844 g/mol. The number of piperidine rings is 1. The Morgan fingerprint density at radius 2 is 1.72 bits per heavy atom. The van der Waals surface area contributed by atoms with Crippen LogP contribution in [0.3, 0.4) is 0 Å². The molecule has 16 nitrogen and oxygen atoms in total. The highest BCUT2D eigenvalue weighted by molar-refractivity contribution is 6.32. The van der Waals surface area contributed by atoms with Crippen molar-refractivity contribution in [2.75, 3.05) is 44.2 Å². The summed E-state index contributed by atoms with van der Waals surface area (Å²) >= 11 is 6.13. The second-order valence-corrected chi connectivity index (χ2v) is 15.5. The predicted molar refractivity (Wildman–Crippen MR) is 211 cm³/mol. The maximum Gasteiger partial charge on any atom is 0.278 e. The highest BCUT2D eigenvalue weighted by Crippen LogP contribution is 2.37. The van der Waals surface area contributed by atoms with E-state index in [9.17, 15) is 32.8 Å². The normalized spacial score (nSPS) is 20.9. The SMILES string of the molecule is N#Cc1ccc(OC2CCC(NC(=O)c3ccc(N4CCN(CCOc5ccc6c7c(n(CC(F)F)c6c5)C(=O)N(C5CCC(=O)NC5=O)C7=O)CC4)nn3)CC2)cc1Cl. The fraction of sp³-hybridized carbons (Fsp3) is 0.415. The number of amides is 5. The molecule has 3 fully saturated rings. The van der Waals surface area contributed by atoms with Gasteiger partial charge in [-0.1, -0.05) is 11.6 Å². The molecule has 1 unspecified atom stereocenters. The number of rotatable bonds is 12. The van der Waals surface area contributed by atoms with Gasteiger partial charge in [0.15, 0.2) is 11.5 Å². The molecule has 1 aliphatic carbocycles. The third-order valence-electron chi connectivity index (χ3n) is 11.4. The molecule has 0 radical (unpaired) electrons. The van der Waals surface area contributed by atoms with Crippen LogP contribution in [0, 0.1) is 11.3 Å². The van der Waals surface area contributed by atoms with E-state index in [1.807, 2.05) is 6.07 Å². The van der Waals surface area contributed by atoms with Gasteiger partial charge in [0.05, 0.1) is 34.3 Å². The molecule has 60 heavy (non-hydrogen) atoms. The fourth-order valence-corrected chi connectivity index (χ4v) is 8.48. The quantitative estimate of drug-likeness (QED) is 0.196. The number of hydrogen-bond acceptors (Lipinski definition) is 12. The predicted octanol–water partition coefficient (Wildman–Crippen LogP) is 3.94. The zero-order valence-electron chi connectivity index (χ0n) is 32.2. The van der Waals surface area contributed by atoms with Crippen molar-refractivity contribution in [1.29, 1.82) is 5.26 Å². The number of piperazine rings is 1. The summed E-state index contributed by atoms with van der Waals surface area (Å²) in [7, 11) is 0. The van der Waals surface area contributed by atoms with Crippen LogP contribution in [-0.2, 0) is 16.1 Å². The van der Waals surface area contributed by atoms with E-state index < -0.39 is 42.6 Å². The lowest BCUT2D eigenvalue weighted by atomic mass is 9.93. The minimum atomic E-state index is -2.84. The van der Waals surface area contributed by atoms with Crippen LogP contribution in [0.25, 0.3) is 10.9 Å². The summed E-state index contributed by atoms with van der Waals surface area (Å²) in [4.78, 5) is 69.3. The average Bonchev–Trinajstić information content (AvgIpc) is 3.68. The molecule has 0 spiro atoms. The molecular weight excluding hydrogens is 804 g/mol. The van der Waals surface area contributed by atoms with Gasteiger partial charge in [0, 0.05) is 62.7 Å². The number of carbonyl (C=O) groups excluding carboxylic acids is 5. The summed E-state index contributed by atoms with van der Waals surface area (Å²) in [5.74, 6) is -1.56. The molecule has 1 atom stereocenters. The summed E-state index contributed by atoms with van der Waals surface area (Å²) in [6, 6.07) is 14.0. The number of nitriles is 1. The van der Waals surface area contributed by atoms with Crippen molar-refractivity contribution in [1.82, 2.24) is 35.2 Å². The van der Waals surface area contributed by atoms with Crippen LogP contribution < -0.4 is 25.0 Å². The number of aromatic nitrogens is 3. The molecule has 19 heteroatoms. The first-order chi connectivity index (χ1) is 29.0. The van der Waals surface area contributed by atoms with Gasteiger partial charge in [-0.2, -0.15) is 5.26 Å². The number of nitrogens with zero attached hydrogens (tertiary/aromatic N) is 7. The molecule has 2 aromatic carbocycles. The Labute approximate surface area is 347 Å². The zero-order valence-corrected chi connectivity index (χ0v) is 33.0. The highest BCUT2D eigenvalue weighted by atomic mass is 35.5. The van der Waals surface area contributed by atoms with Crippen molar-refractivity contribution in [2.45, 2.75) is 69.7 Å². The van der Waals surface area contributed by atoms with E-state index in [1.165, 1.54) is 6.07 Å². The van der Waals surface area contributed by atoms with Gasteiger partial charge in [-0.3, -0.25) is 39.1 Å². The number of hydrogen-bond donors (Lipinski definition) is 2. The second kappa shape index (κ2) is 17.2. The van der Waals surface area contributed by atoms with Gasteiger partial charge in [0.1, 0.15) is 35.9 Å². The van der Waals surface area contributed by atoms with Crippen molar-refractivity contribution in [3.63, 3.8) is 0 Å². The summed E-state index contributed by atoms with van der Waals surface area (Å²) in [6.07, 6.45) is 0.0353. The number of fused-ring (bicyclic) bond motifs is 3. The number of halogens is 3. The molecule has 4 aliphatic rings. The number of ether oxygens (including phenoxy) is 2. The summed E-state index contributed by atoms with van der Waals surface area (Å²) in [5.41, 5.74) is 0.594. The van der Waals surface area contributed by atoms with E-state index in [2.05, 4.69) is 30.6 Å². The maximum absolute atomic E-state index is 13.8. The number of nitrogens with one attached hydrogen (secondary N) is 2. The van der Waals surface area contributed by atoms with Gasteiger partial charge in [-0.25, -0.2) is 8.78 Å². The monoisotopic (exact) mass is 843 g/mol. The molecule has 1 saturated carbocycles. The first-order valence-electron chi connectivity index (χ1n) is 19.7. The Hall–Kier alpha value is -6.19. The molecular formula is C41H40ClF2N9O7. The standard InChI is InChI=1S/C41H40ClF2N9O7/c42-29-19-27(4-1-23(29)21-45)60-25-5-2-24(3-6-25)46-38(55)30-9-11-34(49-48-30)51-15-13-50(14-16-51)17-18-59-26-7-8-28-32(20-26)52(22-33(43)44)37-36(28)40(57)53(41(37)58)31-10-12-35(54)47-39(31)56/h1,4,7-9,11,19-20,24-25,31,33H,2-3,5-6,10,12-18,22H2,(H,46,55)(H,47,54,56). The van der Waals surface area contributed by atoms with Crippen molar-refractivity contribution in [2.24, 2.45) is 0 Å². The van der Waals surface area contributed by atoms with Gasteiger partial charge in [0.2, 0.25) is 11.8 Å². The molecule has 4 aromatic rings. The Morgan fingerprint density at radius 1 is 0.950 bits per heavy atom. The van der Waals surface area contributed by atoms with E-state index in [4.69, 9.17) is 26.3 Å². The van der Waals surface area contributed by atoms with Crippen molar-refractivity contribution in [3.8, 4) is 17.6 Å². The van der Waals surface area contributed by atoms with E-state index in [-0.39, 0.29) is 65.4 Å². The lowest BCUT2D eigenvalue weighted by Gasteiger charge is -2.35. The van der Waals surface area contributed by atoms with Crippen LogP contribution in [0.2, 0.25) is 5.02 Å². The van der Waals surface area contributed by atoms with Gasteiger partial charge in [-0.05, 0) is 68.5 Å². The largest absolute Gasteiger partial charge is 0.492 e. The van der Waals surface area contributed by atoms with E-state index in [0.29, 0.717) is 60.6 Å². The summed E-state index contributed by atoms with van der Waals surface area (Å²) < 4.78 is 40.8. The molecule has 312 valence electrons. The summed E-state index contributed by atoms with van der Waals surface area (Å²) in [6.45, 7) is 2.74. The van der Waals surface area contributed by atoms with E-state index in [1.54, 1.807) is 42.5 Å². The zero-order chi connectivity index (χ0) is 42.1. The van der Waals surface area contributed by atoms with Crippen LogP contribution in [0.5, 0.6) is 11.5 Å².